The standard InChI is InChI=1S/C22H25N3OS2/c1-3-17-5-4-6-19-21(17)23-22(28-19)25-13-11-24(12-14-25)20(26)15-27-18-9-7-16(2)8-10-18/h4-10H,3,11-15H2,1-2H3. The molecule has 0 radical (unpaired) electrons. The topological polar surface area (TPSA) is 36.4 Å². The molecule has 0 bridgehead atoms. The van der Waals surface area contributed by atoms with Gasteiger partial charge in [-0.15, -0.1) is 11.8 Å². The van der Waals surface area contributed by atoms with Gasteiger partial charge in [-0.3, -0.25) is 4.79 Å². The minimum Gasteiger partial charge on any atom is -0.345 e. The highest BCUT2D eigenvalue weighted by Crippen LogP contribution is 2.31. The summed E-state index contributed by atoms with van der Waals surface area (Å²) in [6.07, 6.45) is 1.00. The van der Waals surface area contributed by atoms with Crippen molar-refractivity contribution in [2.75, 3.05) is 36.8 Å². The number of carbonyl (C=O) groups is 1. The maximum atomic E-state index is 12.6. The second-order valence-electron chi connectivity index (χ2n) is 7.08. The number of benzene rings is 2. The van der Waals surface area contributed by atoms with Crippen LogP contribution >= 0.6 is 23.1 Å². The average Bonchev–Trinajstić information content (AvgIpc) is 3.17. The second kappa shape index (κ2) is 8.53. The Bertz CT molecular complexity index is 960. The molecule has 0 unspecified atom stereocenters. The molecule has 4 rings (SSSR count). The first-order valence-corrected chi connectivity index (χ1v) is 11.5. The molecule has 1 saturated heterocycles. The number of anilines is 1. The highest BCUT2D eigenvalue weighted by atomic mass is 32.2. The minimum atomic E-state index is 0.225. The number of hydrogen-bond acceptors (Lipinski definition) is 5. The van der Waals surface area contributed by atoms with Crippen LogP contribution in [0.5, 0.6) is 0 Å². The molecule has 0 spiro atoms. The van der Waals surface area contributed by atoms with E-state index in [0.717, 1.165) is 48.1 Å². The molecule has 2 heterocycles. The lowest BCUT2D eigenvalue weighted by atomic mass is 10.1. The van der Waals surface area contributed by atoms with Gasteiger partial charge in [0.15, 0.2) is 5.13 Å². The smallest absolute Gasteiger partial charge is 0.233 e. The molecule has 4 nitrogen and oxygen atoms in total. The van der Waals surface area contributed by atoms with Crippen molar-refractivity contribution in [2.24, 2.45) is 0 Å². The SMILES string of the molecule is CCc1cccc2sc(N3CCN(C(=O)CSc4ccc(C)cc4)CC3)nc12. The Labute approximate surface area is 174 Å². The van der Waals surface area contributed by atoms with E-state index < -0.39 is 0 Å². The van der Waals surface area contributed by atoms with Crippen molar-refractivity contribution in [3.05, 3.63) is 53.6 Å². The van der Waals surface area contributed by atoms with Gasteiger partial charge in [0.05, 0.1) is 16.0 Å². The molecular weight excluding hydrogens is 386 g/mol. The van der Waals surface area contributed by atoms with Crippen molar-refractivity contribution in [3.8, 4) is 0 Å². The van der Waals surface area contributed by atoms with E-state index in [-0.39, 0.29) is 5.91 Å². The number of para-hydroxylation sites is 1. The van der Waals surface area contributed by atoms with E-state index >= 15 is 0 Å². The quantitative estimate of drug-likeness (QED) is 0.575. The molecular formula is C22H25N3OS2. The molecule has 0 aliphatic carbocycles. The summed E-state index contributed by atoms with van der Waals surface area (Å²) in [6, 6.07) is 14.8. The van der Waals surface area contributed by atoms with Crippen molar-refractivity contribution in [2.45, 2.75) is 25.2 Å². The van der Waals surface area contributed by atoms with E-state index in [1.165, 1.54) is 15.8 Å². The Balaban J connectivity index is 1.34. The molecule has 0 saturated carbocycles. The number of carbonyl (C=O) groups excluding carboxylic acids is 1. The summed E-state index contributed by atoms with van der Waals surface area (Å²) in [7, 11) is 0. The van der Waals surface area contributed by atoms with Crippen molar-refractivity contribution in [3.63, 3.8) is 0 Å². The van der Waals surface area contributed by atoms with Crippen LogP contribution in [0, 0.1) is 6.92 Å². The first-order valence-electron chi connectivity index (χ1n) is 9.74. The summed E-state index contributed by atoms with van der Waals surface area (Å²) in [6.45, 7) is 7.48. The number of hydrogen-bond donors (Lipinski definition) is 0. The highest BCUT2D eigenvalue weighted by molar-refractivity contribution is 8.00. The van der Waals surface area contributed by atoms with E-state index in [2.05, 4.69) is 61.2 Å². The predicted octanol–water partition coefficient (Wildman–Crippen LogP) is 4.61. The van der Waals surface area contributed by atoms with Gasteiger partial charge in [0.2, 0.25) is 5.91 Å². The van der Waals surface area contributed by atoms with Gasteiger partial charge in [-0.25, -0.2) is 4.98 Å². The summed E-state index contributed by atoms with van der Waals surface area (Å²) in [5.41, 5.74) is 3.69. The largest absolute Gasteiger partial charge is 0.345 e. The normalized spacial score (nSPS) is 14.6. The molecule has 3 aromatic rings. The van der Waals surface area contributed by atoms with Crippen LogP contribution in [0.2, 0.25) is 0 Å². The zero-order chi connectivity index (χ0) is 19.5. The average molecular weight is 412 g/mol. The Morgan fingerprint density at radius 1 is 1.11 bits per heavy atom. The molecule has 1 fully saturated rings. The van der Waals surface area contributed by atoms with Gasteiger partial charge in [-0.05, 0) is 37.1 Å². The van der Waals surface area contributed by atoms with Crippen molar-refractivity contribution in [1.29, 1.82) is 0 Å². The van der Waals surface area contributed by atoms with Crippen LogP contribution in [0.25, 0.3) is 10.2 Å². The van der Waals surface area contributed by atoms with Crippen LogP contribution in [0.1, 0.15) is 18.1 Å². The zero-order valence-corrected chi connectivity index (χ0v) is 18.0. The molecule has 0 atom stereocenters. The number of rotatable bonds is 5. The molecule has 2 aromatic carbocycles. The van der Waals surface area contributed by atoms with Crippen LogP contribution in [0.3, 0.4) is 0 Å². The lowest BCUT2D eigenvalue weighted by Gasteiger charge is -2.34. The maximum Gasteiger partial charge on any atom is 0.233 e. The second-order valence-corrected chi connectivity index (χ2v) is 9.14. The van der Waals surface area contributed by atoms with Crippen LogP contribution in [-0.2, 0) is 11.2 Å². The van der Waals surface area contributed by atoms with Crippen molar-refractivity contribution in [1.82, 2.24) is 9.88 Å². The van der Waals surface area contributed by atoms with Gasteiger partial charge in [-0.1, -0.05) is 48.1 Å². The number of aryl methyl sites for hydroxylation is 2. The third kappa shape index (κ3) is 4.18. The van der Waals surface area contributed by atoms with Gasteiger partial charge in [0.25, 0.3) is 0 Å². The van der Waals surface area contributed by atoms with Gasteiger partial charge >= 0.3 is 0 Å². The van der Waals surface area contributed by atoms with Gasteiger partial charge < -0.3 is 9.80 Å². The van der Waals surface area contributed by atoms with Crippen LogP contribution in [0.4, 0.5) is 5.13 Å². The molecule has 6 heteroatoms. The molecule has 146 valence electrons. The molecule has 1 aliphatic heterocycles. The maximum absolute atomic E-state index is 12.6. The third-order valence-corrected chi connectivity index (χ3v) is 7.24. The first-order chi connectivity index (χ1) is 13.6. The predicted molar refractivity (Wildman–Crippen MR) is 120 cm³/mol. The fraction of sp³-hybridized carbons (Fsp3) is 0.364. The first kappa shape index (κ1) is 19.3. The van der Waals surface area contributed by atoms with E-state index in [9.17, 15) is 4.79 Å². The van der Waals surface area contributed by atoms with E-state index in [1.54, 1.807) is 23.1 Å². The number of amides is 1. The summed E-state index contributed by atoms with van der Waals surface area (Å²) in [4.78, 5) is 22.9. The number of thiazole rings is 1. The Kier molecular flexibility index (Phi) is 5.87. The third-order valence-electron chi connectivity index (χ3n) is 5.16. The minimum absolute atomic E-state index is 0.225. The lowest BCUT2D eigenvalue weighted by molar-refractivity contribution is -0.128. The zero-order valence-electron chi connectivity index (χ0n) is 16.4. The van der Waals surface area contributed by atoms with Crippen LogP contribution in [-0.4, -0.2) is 47.7 Å². The highest BCUT2D eigenvalue weighted by Gasteiger charge is 2.23. The molecule has 1 amide bonds. The van der Waals surface area contributed by atoms with Crippen molar-refractivity contribution < 1.29 is 4.79 Å². The Morgan fingerprint density at radius 3 is 2.57 bits per heavy atom. The monoisotopic (exact) mass is 411 g/mol. The van der Waals surface area contributed by atoms with E-state index in [1.807, 2.05) is 4.90 Å². The number of piperazine rings is 1. The summed E-state index contributed by atoms with van der Waals surface area (Å²) >= 11 is 3.38. The fourth-order valence-corrected chi connectivity index (χ4v) is 5.30. The number of thioether (sulfide) groups is 1. The number of fused-ring (bicyclic) bond motifs is 1. The van der Waals surface area contributed by atoms with E-state index in [4.69, 9.17) is 4.98 Å². The molecule has 28 heavy (non-hydrogen) atoms. The number of nitrogens with zero attached hydrogens (tertiary/aromatic N) is 3. The summed E-state index contributed by atoms with van der Waals surface area (Å²) in [5.74, 6) is 0.729. The molecule has 1 aliphatic rings. The fourth-order valence-electron chi connectivity index (χ4n) is 3.43. The van der Waals surface area contributed by atoms with Gasteiger partial charge in [-0.2, -0.15) is 0 Å². The Morgan fingerprint density at radius 2 is 1.86 bits per heavy atom. The van der Waals surface area contributed by atoms with Gasteiger partial charge in [0.1, 0.15) is 0 Å². The number of aromatic nitrogens is 1. The van der Waals surface area contributed by atoms with Gasteiger partial charge in [0, 0.05) is 31.1 Å². The molecule has 0 N–H and O–H groups in total. The van der Waals surface area contributed by atoms with E-state index in [0.29, 0.717) is 5.75 Å². The summed E-state index contributed by atoms with van der Waals surface area (Å²) in [5, 5.41) is 1.08. The molecule has 1 aromatic heterocycles. The summed E-state index contributed by atoms with van der Waals surface area (Å²) < 4.78 is 1.25. The Hall–Kier alpha value is -2.05. The van der Waals surface area contributed by atoms with Crippen LogP contribution < -0.4 is 4.90 Å². The lowest BCUT2D eigenvalue weighted by Crippen LogP contribution is -2.49. The van der Waals surface area contributed by atoms with Crippen molar-refractivity contribution >= 4 is 44.4 Å². The van der Waals surface area contributed by atoms with Crippen LogP contribution in [0.15, 0.2) is 47.4 Å².